The summed E-state index contributed by atoms with van der Waals surface area (Å²) in [6.45, 7) is 2.76. The summed E-state index contributed by atoms with van der Waals surface area (Å²) >= 11 is 8.46. The highest BCUT2D eigenvalue weighted by atomic mass is 79.9. The molecule has 0 spiro atoms. The molecule has 3 nitrogen and oxygen atoms in total. The van der Waals surface area contributed by atoms with E-state index in [1.165, 1.54) is 4.88 Å². The van der Waals surface area contributed by atoms with Gasteiger partial charge in [0.1, 0.15) is 9.21 Å². The second-order valence-corrected chi connectivity index (χ2v) is 5.74. The topological polar surface area (TPSA) is 30.7 Å². The third-order valence-corrected chi connectivity index (χ3v) is 3.60. The molecule has 0 bridgehead atoms. The van der Waals surface area contributed by atoms with Crippen LogP contribution in [0.4, 0.5) is 0 Å². The molecule has 0 saturated heterocycles. The number of aryl methyl sites for hydroxylation is 1. The molecular weight excluding hydrogens is 330 g/mol. The lowest BCUT2D eigenvalue weighted by Gasteiger charge is -1.98. The molecule has 0 N–H and O–H groups in total. The Balaban J connectivity index is 2.22. The highest BCUT2D eigenvalue weighted by molar-refractivity contribution is 9.11. The molecule has 0 fully saturated rings. The lowest BCUT2D eigenvalue weighted by Crippen LogP contribution is -1.99. The van der Waals surface area contributed by atoms with Gasteiger partial charge in [-0.2, -0.15) is 5.10 Å². The normalized spacial score (nSPS) is 10.8. The van der Waals surface area contributed by atoms with Gasteiger partial charge < -0.3 is 0 Å². The second kappa shape index (κ2) is 4.12. The van der Waals surface area contributed by atoms with E-state index in [1.54, 1.807) is 11.3 Å². The molecule has 6 heteroatoms. The van der Waals surface area contributed by atoms with Gasteiger partial charge in [-0.3, -0.25) is 4.68 Å². The minimum atomic E-state index is 0.762. The van der Waals surface area contributed by atoms with Gasteiger partial charge in [-0.15, -0.1) is 11.3 Å². The molecule has 0 unspecified atom stereocenters. The Bertz CT molecular complexity index is 449. The Morgan fingerprint density at radius 2 is 2.29 bits per heavy atom. The van der Waals surface area contributed by atoms with E-state index in [2.05, 4.69) is 41.9 Å². The molecule has 2 heterocycles. The monoisotopic (exact) mass is 335 g/mol. The van der Waals surface area contributed by atoms with Gasteiger partial charge >= 0.3 is 0 Å². The zero-order valence-corrected chi connectivity index (χ0v) is 11.4. The SMILES string of the molecule is Cc1ncc(Cn2nc(Br)cc2Br)s1. The molecular formula is C8H7Br2N3S. The van der Waals surface area contributed by atoms with E-state index in [0.29, 0.717) is 0 Å². The Kier molecular flexibility index (Phi) is 3.04. The highest BCUT2D eigenvalue weighted by Crippen LogP contribution is 2.19. The van der Waals surface area contributed by atoms with Crippen molar-refractivity contribution >= 4 is 43.2 Å². The molecule has 2 aromatic heterocycles. The van der Waals surface area contributed by atoms with Crippen LogP contribution in [0.5, 0.6) is 0 Å². The molecule has 0 aliphatic heterocycles. The zero-order chi connectivity index (χ0) is 10.1. The molecule has 0 amide bonds. The van der Waals surface area contributed by atoms with Crippen molar-refractivity contribution in [3.05, 3.63) is 31.4 Å². The van der Waals surface area contributed by atoms with Gasteiger partial charge in [0.05, 0.1) is 11.6 Å². The van der Waals surface area contributed by atoms with Crippen molar-refractivity contribution in [2.45, 2.75) is 13.5 Å². The van der Waals surface area contributed by atoms with E-state index < -0.39 is 0 Å². The fraction of sp³-hybridized carbons (Fsp3) is 0.250. The van der Waals surface area contributed by atoms with Crippen molar-refractivity contribution < 1.29 is 0 Å². The molecule has 0 aliphatic rings. The van der Waals surface area contributed by atoms with Gasteiger partial charge in [0, 0.05) is 17.1 Å². The van der Waals surface area contributed by atoms with Crippen LogP contribution >= 0.6 is 43.2 Å². The van der Waals surface area contributed by atoms with Gasteiger partial charge in [0.25, 0.3) is 0 Å². The van der Waals surface area contributed by atoms with Crippen LogP contribution < -0.4 is 0 Å². The summed E-state index contributed by atoms with van der Waals surface area (Å²) in [6, 6.07) is 1.92. The number of aromatic nitrogens is 3. The van der Waals surface area contributed by atoms with Crippen LogP contribution in [0, 0.1) is 6.92 Å². The van der Waals surface area contributed by atoms with Crippen LogP contribution in [0.1, 0.15) is 9.88 Å². The van der Waals surface area contributed by atoms with Gasteiger partial charge in [0.2, 0.25) is 0 Å². The maximum Gasteiger partial charge on any atom is 0.129 e. The van der Waals surface area contributed by atoms with Crippen molar-refractivity contribution in [2.75, 3.05) is 0 Å². The second-order valence-electron chi connectivity index (χ2n) is 2.79. The van der Waals surface area contributed by atoms with Gasteiger partial charge in [-0.05, 0) is 38.8 Å². The van der Waals surface area contributed by atoms with Crippen molar-refractivity contribution in [2.24, 2.45) is 0 Å². The van der Waals surface area contributed by atoms with Crippen molar-refractivity contribution in [1.82, 2.24) is 14.8 Å². The largest absolute Gasteiger partial charge is 0.252 e. The fourth-order valence-electron chi connectivity index (χ4n) is 1.10. The fourth-order valence-corrected chi connectivity index (χ4v) is 3.02. The third kappa shape index (κ3) is 2.24. The van der Waals surface area contributed by atoms with Crippen LogP contribution in [0.3, 0.4) is 0 Å². The summed E-state index contributed by atoms with van der Waals surface area (Å²) in [6.07, 6.45) is 1.89. The first-order valence-corrected chi connectivity index (χ1v) is 6.35. The van der Waals surface area contributed by atoms with Crippen LogP contribution in [0.15, 0.2) is 21.5 Å². The zero-order valence-electron chi connectivity index (χ0n) is 7.37. The predicted octanol–water partition coefficient (Wildman–Crippen LogP) is 3.22. The quantitative estimate of drug-likeness (QED) is 0.843. The minimum absolute atomic E-state index is 0.762. The van der Waals surface area contributed by atoms with Gasteiger partial charge in [-0.1, -0.05) is 0 Å². The molecule has 0 aromatic carbocycles. The number of hydrogen-bond acceptors (Lipinski definition) is 3. The summed E-state index contributed by atoms with van der Waals surface area (Å²) < 4.78 is 3.69. The molecule has 0 atom stereocenters. The first-order chi connectivity index (χ1) is 6.65. The number of thiazole rings is 1. The maximum atomic E-state index is 4.28. The Labute approximate surface area is 102 Å². The Morgan fingerprint density at radius 1 is 1.50 bits per heavy atom. The van der Waals surface area contributed by atoms with E-state index in [4.69, 9.17) is 0 Å². The van der Waals surface area contributed by atoms with Crippen LogP contribution in [0.25, 0.3) is 0 Å². The summed E-state index contributed by atoms with van der Waals surface area (Å²) in [5, 5.41) is 5.37. The van der Waals surface area contributed by atoms with E-state index in [1.807, 2.05) is 23.9 Å². The lowest BCUT2D eigenvalue weighted by molar-refractivity contribution is 0.673. The molecule has 2 aromatic rings. The number of rotatable bonds is 2. The molecule has 2 rings (SSSR count). The Morgan fingerprint density at radius 3 is 2.79 bits per heavy atom. The first kappa shape index (κ1) is 10.3. The summed E-state index contributed by atoms with van der Waals surface area (Å²) in [5.74, 6) is 0. The smallest absolute Gasteiger partial charge is 0.129 e. The first-order valence-electron chi connectivity index (χ1n) is 3.95. The van der Waals surface area contributed by atoms with Crippen LogP contribution in [-0.4, -0.2) is 14.8 Å². The van der Waals surface area contributed by atoms with Gasteiger partial charge in [0.15, 0.2) is 0 Å². The summed E-state index contributed by atoms with van der Waals surface area (Å²) in [5.41, 5.74) is 0. The lowest BCUT2D eigenvalue weighted by atomic mass is 10.5. The predicted molar refractivity (Wildman–Crippen MR) is 63.6 cm³/mol. The average molecular weight is 337 g/mol. The number of hydrogen-bond donors (Lipinski definition) is 0. The molecule has 0 radical (unpaired) electrons. The van der Waals surface area contributed by atoms with E-state index in [9.17, 15) is 0 Å². The van der Waals surface area contributed by atoms with E-state index in [-0.39, 0.29) is 0 Å². The molecule has 74 valence electrons. The molecule has 0 aliphatic carbocycles. The maximum absolute atomic E-state index is 4.28. The van der Waals surface area contributed by atoms with E-state index >= 15 is 0 Å². The number of nitrogens with zero attached hydrogens (tertiary/aromatic N) is 3. The van der Waals surface area contributed by atoms with E-state index in [0.717, 1.165) is 20.8 Å². The number of halogens is 2. The average Bonchev–Trinajstić information content (AvgIpc) is 2.61. The minimum Gasteiger partial charge on any atom is -0.252 e. The van der Waals surface area contributed by atoms with Crippen molar-refractivity contribution in [1.29, 1.82) is 0 Å². The van der Waals surface area contributed by atoms with Crippen molar-refractivity contribution in [3.8, 4) is 0 Å². The standard InChI is InChI=1S/C8H7Br2N3S/c1-5-11-3-6(14-5)4-13-8(10)2-7(9)12-13/h2-3H,4H2,1H3. The van der Waals surface area contributed by atoms with Crippen molar-refractivity contribution in [3.63, 3.8) is 0 Å². The molecule has 0 saturated carbocycles. The Hall–Kier alpha value is -0.200. The summed E-state index contributed by atoms with van der Waals surface area (Å²) in [4.78, 5) is 5.41. The molecule has 14 heavy (non-hydrogen) atoms. The highest BCUT2D eigenvalue weighted by Gasteiger charge is 2.05. The third-order valence-electron chi connectivity index (χ3n) is 1.68. The summed E-state index contributed by atoms with van der Waals surface area (Å²) in [7, 11) is 0. The van der Waals surface area contributed by atoms with Gasteiger partial charge in [-0.25, -0.2) is 4.98 Å². The van der Waals surface area contributed by atoms with Crippen LogP contribution in [-0.2, 0) is 6.54 Å². The van der Waals surface area contributed by atoms with Crippen LogP contribution in [0.2, 0.25) is 0 Å².